The minimum absolute atomic E-state index is 0.0403. The van der Waals surface area contributed by atoms with Crippen LogP contribution >= 0.6 is 15.9 Å². The van der Waals surface area contributed by atoms with E-state index in [2.05, 4.69) is 29.8 Å². The van der Waals surface area contributed by atoms with Crippen LogP contribution in [-0.2, 0) is 6.42 Å². The predicted molar refractivity (Wildman–Crippen MR) is 72.0 cm³/mol. The van der Waals surface area contributed by atoms with E-state index in [0.717, 1.165) is 22.9 Å². The van der Waals surface area contributed by atoms with Gasteiger partial charge in [-0.25, -0.2) is 0 Å². The van der Waals surface area contributed by atoms with Gasteiger partial charge < -0.3 is 5.73 Å². The van der Waals surface area contributed by atoms with E-state index in [0.29, 0.717) is 6.54 Å². The Balaban J connectivity index is 2.97. The fraction of sp³-hybridized carbons (Fsp3) is 0.500. The van der Waals surface area contributed by atoms with E-state index in [-0.39, 0.29) is 11.1 Å². The van der Waals surface area contributed by atoms with Crippen molar-refractivity contribution in [2.45, 2.75) is 26.7 Å². The van der Waals surface area contributed by atoms with Crippen molar-refractivity contribution in [2.75, 3.05) is 6.54 Å². The lowest BCUT2D eigenvalue weighted by Crippen LogP contribution is -2.28. The second kappa shape index (κ2) is 5.60. The molecule has 0 saturated carbocycles. The molecule has 0 aromatic heterocycles. The smallest absolute Gasteiger partial charge is 0.270 e. The summed E-state index contributed by atoms with van der Waals surface area (Å²) in [6, 6.07) is 4.88. The molecule has 17 heavy (non-hydrogen) atoms. The Morgan fingerprint density at radius 1 is 1.53 bits per heavy atom. The number of halogens is 1. The van der Waals surface area contributed by atoms with E-state index >= 15 is 0 Å². The third kappa shape index (κ3) is 3.51. The maximum atomic E-state index is 10.6. The number of nitrogens with zero attached hydrogens (tertiary/aromatic N) is 1. The monoisotopic (exact) mass is 300 g/mol. The van der Waals surface area contributed by atoms with Crippen molar-refractivity contribution >= 4 is 21.6 Å². The molecule has 0 spiro atoms. The van der Waals surface area contributed by atoms with Gasteiger partial charge in [0.1, 0.15) is 0 Å². The molecule has 0 bridgehead atoms. The van der Waals surface area contributed by atoms with Crippen molar-refractivity contribution in [2.24, 2.45) is 11.1 Å². The molecule has 1 atom stereocenters. The van der Waals surface area contributed by atoms with Gasteiger partial charge in [-0.3, -0.25) is 10.1 Å². The van der Waals surface area contributed by atoms with Gasteiger partial charge in [-0.05, 0) is 30.4 Å². The van der Waals surface area contributed by atoms with Gasteiger partial charge in [0, 0.05) is 16.6 Å². The molecular formula is C12H17BrN2O2. The molecule has 0 saturated heterocycles. The molecule has 0 amide bonds. The number of hydrogen-bond donors (Lipinski definition) is 1. The summed E-state index contributed by atoms with van der Waals surface area (Å²) in [7, 11) is 0. The Labute approximate surface area is 109 Å². The standard InChI is InChI=1S/C12H17BrN2O2/c1-3-12(2,8-14)7-9-4-5-10(15(16)17)6-11(9)13/h4-6H,3,7-8,14H2,1-2H3. The fourth-order valence-electron chi connectivity index (χ4n) is 1.59. The first kappa shape index (κ1) is 14.1. The zero-order valence-electron chi connectivity index (χ0n) is 10.1. The number of hydrogen-bond acceptors (Lipinski definition) is 3. The zero-order chi connectivity index (χ0) is 13.1. The summed E-state index contributed by atoms with van der Waals surface area (Å²) in [4.78, 5) is 10.2. The largest absolute Gasteiger partial charge is 0.330 e. The Bertz CT molecular complexity index is 417. The molecule has 94 valence electrons. The molecule has 0 heterocycles. The van der Waals surface area contributed by atoms with Gasteiger partial charge >= 0.3 is 0 Å². The van der Waals surface area contributed by atoms with Crippen LogP contribution in [0.2, 0.25) is 0 Å². The van der Waals surface area contributed by atoms with Crippen molar-refractivity contribution in [1.29, 1.82) is 0 Å². The fourth-order valence-corrected chi connectivity index (χ4v) is 2.10. The summed E-state index contributed by atoms with van der Waals surface area (Å²) in [6.07, 6.45) is 1.80. The molecule has 0 aliphatic rings. The third-order valence-electron chi connectivity index (χ3n) is 3.21. The van der Waals surface area contributed by atoms with Crippen LogP contribution in [-0.4, -0.2) is 11.5 Å². The summed E-state index contributed by atoms with van der Waals surface area (Å²) in [5.74, 6) is 0. The maximum Gasteiger partial charge on any atom is 0.270 e. The summed E-state index contributed by atoms with van der Waals surface area (Å²) in [6.45, 7) is 4.83. The molecule has 0 fully saturated rings. The summed E-state index contributed by atoms with van der Waals surface area (Å²) >= 11 is 3.38. The average Bonchev–Trinajstić information content (AvgIpc) is 2.31. The Kier molecular flexibility index (Phi) is 4.65. The minimum atomic E-state index is -0.392. The number of non-ortho nitro benzene ring substituents is 1. The highest BCUT2D eigenvalue weighted by atomic mass is 79.9. The van der Waals surface area contributed by atoms with Crippen molar-refractivity contribution in [1.82, 2.24) is 0 Å². The number of nitrogens with two attached hydrogens (primary N) is 1. The first-order valence-corrected chi connectivity index (χ1v) is 6.34. The van der Waals surface area contributed by atoms with Crippen LogP contribution in [0.1, 0.15) is 25.8 Å². The predicted octanol–water partition coefficient (Wildman–Crippen LogP) is 3.27. The highest BCUT2D eigenvalue weighted by molar-refractivity contribution is 9.10. The molecule has 5 heteroatoms. The number of nitro benzene ring substituents is 1. The number of benzene rings is 1. The van der Waals surface area contributed by atoms with Gasteiger partial charge in [0.05, 0.1) is 4.92 Å². The van der Waals surface area contributed by atoms with Crippen LogP contribution in [0.3, 0.4) is 0 Å². The first-order chi connectivity index (χ1) is 7.91. The second-order valence-corrected chi connectivity index (χ2v) is 5.43. The number of nitro groups is 1. The van der Waals surface area contributed by atoms with Crippen molar-refractivity contribution in [3.05, 3.63) is 38.3 Å². The van der Waals surface area contributed by atoms with Crippen LogP contribution in [0.5, 0.6) is 0 Å². The van der Waals surface area contributed by atoms with Gasteiger partial charge in [0.25, 0.3) is 5.69 Å². The van der Waals surface area contributed by atoms with Crippen molar-refractivity contribution < 1.29 is 4.92 Å². The van der Waals surface area contributed by atoms with Gasteiger partial charge in [0.15, 0.2) is 0 Å². The average molecular weight is 301 g/mol. The van der Waals surface area contributed by atoms with Crippen LogP contribution in [0.15, 0.2) is 22.7 Å². The molecule has 0 aliphatic carbocycles. The lowest BCUT2D eigenvalue weighted by molar-refractivity contribution is -0.384. The molecule has 1 aromatic rings. The SMILES string of the molecule is CCC(C)(CN)Cc1ccc([N+](=O)[O-])cc1Br. The summed E-state index contributed by atoms with van der Waals surface area (Å²) in [5, 5.41) is 10.6. The van der Waals surface area contributed by atoms with E-state index in [4.69, 9.17) is 5.73 Å². The molecule has 1 unspecified atom stereocenters. The lowest BCUT2D eigenvalue weighted by atomic mass is 9.81. The summed E-state index contributed by atoms with van der Waals surface area (Å²) < 4.78 is 0.778. The molecule has 2 N–H and O–H groups in total. The van der Waals surface area contributed by atoms with Crippen molar-refractivity contribution in [3.8, 4) is 0 Å². The Morgan fingerprint density at radius 2 is 2.18 bits per heavy atom. The van der Waals surface area contributed by atoms with Crippen molar-refractivity contribution in [3.63, 3.8) is 0 Å². The summed E-state index contributed by atoms with van der Waals surface area (Å²) in [5.41, 5.74) is 6.97. The van der Waals surface area contributed by atoms with Crippen LogP contribution < -0.4 is 5.73 Å². The highest BCUT2D eigenvalue weighted by Crippen LogP contribution is 2.31. The first-order valence-electron chi connectivity index (χ1n) is 5.55. The van der Waals surface area contributed by atoms with Crippen LogP contribution in [0, 0.1) is 15.5 Å². The van der Waals surface area contributed by atoms with Gasteiger partial charge in [0.2, 0.25) is 0 Å². The Morgan fingerprint density at radius 3 is 2.59 bits per heavy atom. The molecular weight excluding hydrogens is 284 g/mol. The molecule has 4 nitrogen and oxygen atoms in total. The molecule has 0 radical (unpaired) electrons. The molecule has 1 aromatic carbocycles. The van der Waals surface area contributed by atoms with E-state index in [9.17, 15) is 10.1 Å². The number of rotatable bonds is 5. The second-order valence-electron chi connectivity index (χ2n) is 4.58. The van der Waals surface area contributed by atoms with Gasteiger partial charge in [-0.1, -0.05) is 35.8 Å². The van der Waals surface area contributed by atoms with E-state index in [1.165, 1.54) is 6.07 Å². The normalized spacial score (nSPS) is 14.4. The third-order valence-corrected chi connectivity index (χ3v) is 3.95. The van der Waals surface area contributed by atoms with Crippen LogP contribution in [0.25, 0.3) is 0 Å². The van der Waals surface area contributed by atoms with E-state index in [1.807, 2.05) is 0 Å². The lowest BCUT2D eigenvalue weighted by Gasteiger charge is -2.26. The van der Waals surface area contributed by atoms with E-state index < -0.39 is 4.92 Å². The zero-order valence-corrected chi connectivity index (χ0v) is 11.7. The maximum absolute atomic E-state index is 10.6. The Hall–Kier alpha value is -0.940. The van der Waals surface area contributed by atoms with Gasteiger partial charge in [-0.15, -0.1) is 0 Å². The topological polar surface area (TPSA) is 69.2 Å². The minimum Gasteiger partial charge on any atom is -0.330 e. The molecule has 0 aliphatic heterocycles. The van der Waals surface area contributed by atoms with E-state index in [1.54, 1.807) is 12.1 Å². The highest BCUT2D eigenvalue weighted by Gasteiger charge is 2.22. The molecule has 1 rings (SSSR count). The quantitative estimate of drug-likeness (QED) is 0.670. The van der Waals surface area contributed by atoms with Crippen LogP contribution in [0.4, 0.5) is 5.69 Å². The van der Waals surface area contributed by atoms with Gasteiger partial charge in [-0.2, -0.15) is 0 Å².